The molecule has 1 heterocycles. The minimum Gasteiger partial charge on any atom is -0.464 e. The van der Waals surface area contributed by atoms with Gasteiger partial charge in [0.05, 0.1) is 28.6 Å². The molecular weight excluding hydrogens is 632 g/mol. The Bertz CT molecular complexity index is 1450. The highest BCUT2D eigenvalue weighted by Crippen LogP contribution is 2.69. The summed E-state index contributed by atoms with van der Waals surface area (Å²) in [6.45, 7) is 11.4. The number of hydrogen-bond acceptors (Lipinski definition) is 14. The Morgan fingerprint density at radius 3 is 1.85 bits per heavy atom. The van der Waals surface area contributed by atoms with E-state index in [9.17, 15) is 33.9 Å². The molecule has 1 aliphatic heterocycles. The van der Waals surface area contributed by atoms with Crippen molar-refractivity contribution in [3.8, 4) is 0 Å². The lowest BCUT2D eigenvalue weighted by Crippen LogP contribution is -2.85. The summed E-state index contributed by atoms with van der Waals surface area (Å²) in [7, 11) is 0. The second kappa shape index (κ2) is 13.1. The molecule has 0 amide bonds. The van der Waals surface area contributed by atoms with E-state index >= 15 is 0 Å². The van der Waals surface area contributed by atoms with Crippen molar-refractivity contribution in [1.82, 2.24) is 0 Å². The van der Waals surface area contributed by atoms with Crippen molar-refractivity contribution < 1.29 is 67.0 Å². The smallest absolute Gasteiger partial charge is 0.338 e. The molecule has 3 fully saturated rings. The fourth-order valence-corrected chi connectivity index (χ4v) is 7.95. The molecule has 4 rings (SSSR count). The zero-order chi connectivity index (χ0) is 36.0. The van der Waals surface area contributed by atoms with Gasteiger partial charge in [-0.05, 0) is 32.9 Å². The normalized spacial score (nSPS) is 34.6. The summed E-state index contributed by atoms with van der Waals surface area (Å²) >= 11 is 0. The van der Waals surface area contributed by atoms with Crippen LogP contribution in [0.2, 0.25) is 0 Å². The first kappa shape index (κ1) is 36.8. The van der Waals surface area contributed by atoms with Crippen molar-refractivity contribution in [3.63, 3.8) is 0 Å². The van der Waals surface area contributed by atoms with E-state index in [1.165, 1.54) is 19.1 Å². The first-order valence-corrected chi connectivity index (χ1v) is 15.8. The molecule has 9 atom stereocenters. The van der Waals surface area contributed by atoms with Gasteiger partial charge in [-0.25, -0.2) is 4.79 Å². The Balaban J connectivity index is 2.18. The molecule has 2 bridgehead atoms. The summed E-state index contributed by atoms with van der Waals surface area (Å²) in [6, 6.07) is 7.83. The van der Waals surface area contributed by atoms with Gasteiger partial charge >= 0.3 is 35.8 Å². The van der Waals surface area contributed by atoms with Gasteiger partial charge in [-0.15, -0.1) is 0 Å². The number of ether oxygens (including phenoxy) is 7. The zero-order valence-corrected chi connectivity index (χ0v) is 28.6. The van der Waals surface area contributed by atoms with Crippen molar-refractivity contribution in [2.75, 3.05) is 6.61 Å². The third kappa shape index (κ3) is 6.15. The quantitative estimate of drug-likeness (QED) is 0.297. The van der Waals surface area contributed by atoms with E-state index in [1.807, 2.05) is 0 Å². The summed E-state index contributed by atoms with van der Waals surface area (Å²) in [5.41, 5.74) is -7.97. The number of aliphatic hydroxyl groups is 1. The van der Waals surface area contributed by atoms with Crippen molar-refractivity contribution in [2.45, 2.75) is 116 Å². The van der Waals surface area contributed by atoms with E-state index in [4.69, 9.17) is 33.2 Å². The van der Waals surface area contributed by atoms with Crippen LogP contribution in [-0.4, -0.2) is 94.9 Å². The second-order valence-corrected chi connectivity index (χ2v) is 13.7. The number of carbonyl (C=O) groups excluding carboxylic acids is 6. The van der Waals surface area contributed by atoms with Crippen molar-refractivity contribution >= 4 is 35.8 Å². The van der Waals surface area contributed by atoms with E-state index in [0.717, 1.165) is 27.7 Å². The lowest BCUT2D eigenvalue weighted by Gasteiger charge is -2.66. The van der Waals surface area contributed by atoms with E-state index in [0.29, 0.717) is 0 Å². The van der Waals surface area contributed by atoms with Crippen LogP contribution in [0.4, 0.5) is 0 Å². The topological polar surface area (TPSA) is 187 Å². The van der Waals surface area contributed by atoms with Crippen LogP contribution >= 0.6 is 0 Å². The summed E-state index contributed by atoms with van der Waals surface area (Å²) < 4.78 is 42.5. The third-order valence-corrected chi connectivity index (χ3v) is 9.42. The fourth-order valence-electron chi connectivity index (χ4n) is 7.95. The van der Waals surface area contributed by atoms with E-state index in [-0.39, 0.29) is 5.56 Å². The predicted octanol–water partition coefficient (Wildman–Crippen LogP) is 2.46. The van der Waals surface area contributed by atoms with E-state index in [2.05, 4.69) is 0 Å². The van der Waals surface area contributed by atoms with Crippen LogP contribution in [0, 0.1) is 17.3 Å². The average Bonchev–Trinajstić information content (AvgIpc) is 3.16. The maximum atomic E-state index is 14.0. The largest absolute Gasteiger partial charge is 0.464 e. The van der Waals surface area contributed by atoms with Gasteiger partial charge in [-0.3, -0.25) is 24.0 Å². The van der Waals surface area contributed by atoms with Crippen LogP contribution in [0.15, 0.2) is 30.3 Å². The van der Waals surface area contributed by atoms with Gasteiger partial charge in [0, 0.05) is 34.1 Å². The highest BCUT2D eigenvalue weighted by molar-refractivity contribution is 5.89. The molecule has 2 saturated carbocycles. The molecule has 1 spiro atoms. The molecule has 3 aliphatic rings. The van der Waals surface area contributed by atoms with Crippen molar-refractivity contribution in [3.05, 3.63) is 35.9 Å². The van der Waals surface area contributed by atoms with Crippen LogP contribution in [0.25, 0.3) is 0 Å². The number of hydrogen-bond donors (Lipinski definition) is 1. The Morgan fingerprint density at radius 2 is 1.33 bits per heavy atom. The molecule has 14 heteroatoms. The predicted molar refractivity (Wildman–Crippen MR) is 163 cm³/mol. The highest BCUT2D eigenvalue weighted by atomic mass is 16.7. The first-order chi connectivity index (χ1) is 22.2. The summed E-state index contributed by atoms with van der Waals surface area (Å²) in [6.07, 6.45) is -8.32. The highest BCUT2D eigenvalue weighted by Gasteiger charge is 2.89. The second-order valence-electron chi connectivity index (χ2n) is 13.7. The Morgan fingerprint density at radius 1 is 0.792 bits per heavy atom. The Labute approximate surface area is 278 Å². The van der Waals surface area contributed by atoms with Crippen LogP contribution in [-0.2, 0) is 57.1 Å². The van der Waals surface area contributed by atoms with Gasteiger partial charge in [-0.1, -0.05) is 32.0 Å². The molecule has 1 N–H and O–H groups in total. The van der Waals surface area contributed by atoms with E-state index in [1.54, 1.807) is 45.9 Å². The van der Waals surface area contributed by atoms with Gasteiger partial charge < -0.3 is 38.3 Å². The van der Waals surface area contributed by atoms with Gasteiger partial charge in [0.2, 0.25) is 0 Å². The molecule has 48 heavy (non-hydrogen) atoms. The minimum absolute atomic E-state index is 0.0835. The average molecular weight is 677 g/mol. The third-order valence-electron chi connectivity index (χ3n) is 9.42. The van der Waals surface area contributed by atoms with Crippen LogP contribution in [0.5, 0.6) is 0 Å². The first-order valence-electron chi connectivity index (χ1n) is 15.8. The van der Waals surface area contributed by atoms with Gasteiger partial charge in [0.25, 0.3) is 0 Å². The molecule has 1 aromatic rings. The number of fused-ring (bicyclic) bond motifs is 1. The molecule has 1 saturated heterocycles. The molecule has 0 radical (unpaired) electrons. The van der Waals surface area contributed by atoms with Gasteiger partial charge in [0.15, 0.2) is 17.8 Å². The minimum atomic E-state index is -2.26. The molecular formula is C34H44O14. The number of rotatable bonds is 9. The summed E-state index contributed by atoms with van der Waals surface area (Å²) in [5.74, 6) is -6.78. The number of carbonyl (C=O) groups is 6. The van der Waals surface area contributed by atoms with E-state index < -0.39 is 113 Å². The van der Waals surface area contributed by atoms with Gasteiger partial charge in [-0.2, -0.15) is 0 Å². The molecule has 1 aromatic carbocycles. The SMILES string of the molecule is CC(=O)O[C@@H]1[C@@H]2[C@@H](OC(C)=O)[C@@]3(OC2(C)C)C(COC(=O)C(C)C)([C@H]1OC(=O)c1ccccc1)[C@@H](OC(C)=O)[C@@H](OC(C)=O)C[C@]3(C)O. The molecule has 1 unspecified atom stereocenters. The van der Waals surface area contributed by atoms with Crippen molar-refractivity contribution in [1.29, 1.82) is 0 Å². The molecule has 264 valence electrons. The van der Waals surface area contributed by atoms with Crippen LogP contribution in [0.1, 0.15) is 79.1 Å². The molecule has 0 aromatic heterocycles. The maximum absolute atomic E-state index is 14.0. The summed E-state index contributed by atoms with van der Waals surface area (Å²) in [4.78, 5) is 78.3. The number of esters is 6. The zero-order valence-electron chi connectivity index (χ0n) is 28.6. The standard InChI is InChI=1S/C34H44O14/c1-17(2)29(39)42-16-33-26(45-20(5)37)23(43-18(3)35)15-32(9,41)34(33)27(46-21(6)38)24(31(7,8)48-34)25(44-19(4)36)28(33)47-30(40)22-13-11-10-12-14-22/h10-14,17,23-28,41H,15-16H2,1-9H3/t23-,24+,25+,26-,27+,28-,32-,33?,34-/m0/s1. The Hall–Kier alpha value is -4.04. The maximum Gasteiger partial charge on any atom is 0.338 e. The van der Waals surface area contributed by atoms with Gasteiger partial charge in [0.1, 0.15) is 30.3 Å². The molecule has 14 nitrogen and oxygen atoms in total. The summed E-state index contributed by atoms with van der Waals surface area (Å²) in [5, 5.41) is 12.6. The van der Waals surface area contributed by atoms with Crippen LogP contribution < -0.4 is 0 Å². The fraction of sp³-hybridized carbons (Fsp3) is 0.647. The lowest BCUT2D eigenvalue weighted by atomic mass is 9.45. The monoisotopic (exact) mass is 676 g/mol. The molecule has 2 aliphatic carbocycles. The van der Waals surface area contributed by atoms with Crippen LogP contribution in [0.3, 0.4) is 0 Å². The number of benzene rings is 1. The lowest BCUT2D eigenvalue weighted by molar-refractivity contribution is -0.363. The Kier molecular flexibility index (Phi) is 10.0. The van der Waals surface area contributed by atoms with Crippen molar-refractivity contribution in [2.24, 2.45) is 17.3 Å².